The van der Waals surface area contributed by atoms with Gasteiger partial charge in [-0.15, -0.1) is 0 Å². The topological polar surface area (TPSA) is 93.1 Å². The van der Waals surface area contributed by atoms with E-state index in [1.807, 2.05) is 47.9 Å². The summed E-state index contributed by atoms with van der Waals surface area (Å²) in [5.74, 6) is -0.180. The van der Waals surface area contributed by atoms with Gasteiger partial charge in [0.05, 0.1) is 23.1 Å². The second-order valence-electron chi connectivity index (χ2n) is 6.31. The minimum atomic E-state index is -3.29. The maximum Gasteiger partial charge on any atom is 0.243 e. The molecule has 142 valence electrons. The largest absolute Gasteiger partial charge is 0.350 e. The van der Waals surface area contributed by atoms with E-state index in [2.05, 4.69) is 15.0 Å². The minimum absolute atomic E-state index is 0.0686. The Balaban J connectivity index is 1.62. The molecule has 0 saturated heterocycles. The van der Waals surface area contributed by atoms with Crippen LogP contribution >= 0.6 is 0 Å². The Bertz CT molecular complexity index is 1040. The molecule has 3 rings (SSSR count). The van der Waals surface area contributed by atoms with Gasteiger partial charge in [0.1, 0.15) is 6.04 Å². The van der Waals surface area contributed by atoms with Crippen molar-refractivity contribution in [2.45, 2.75) is 25.3 Å². The lowest BCUT2D eigenvalue weighted by molar-refractivity contribution is -0.123. The van der Waals surface area contributed by atoms with Crippen LogP contribution in [0.25, 0.3) is 11.0 Å². The first-order valence-corrected chi connectivity index (χ1v) is 10.2. The lowest BCUT2D eigenvalue weighted by Crippen LogP contribution is -2.30. The molecule has 1 unspecified atom stereocenters. The maximum absolute atomic E-state index is 12.5. The summed E-state index contributed by atoms with van der Waals surface area (Å²) in [6, 6.07) is 14.4. The van der Waals surface area contributed by atoms with Gasteiger partial charge in [-0.1, -0.05) is 36.4 Å². The number of para-hydroxylation sites is 2. The van der Waals surface area contributed by atoms with E-state index in [9.17, 15) is 13.2 Å². The lowest BCUT2D eigenvalue weighted by Gasteiger charge is -2.15. The Morgan fingerprint density at radius 1 is 1.11 bits per heavy atom. The predicted octanol–water partition coefficient (Wildman–Crippen LogP) is 1.96. The van der Waals surface area contributed by atoms with Crippen LogP contribution in [0.2, 0.25) is 0 Å². The molecule has 1 atom stereocenters. The third-order valence-electron chi connectivity index (χ3n) is 4.44. The fraction of sp³-hybridized carbons (Fsp3) is 0.263. The van der Waals surface area contributed by atoms with Crippen LogP contribution in [-0.2, 0) is 27.1 Å². The molecular weight excluding hydrogens is 364 g/mol. The van der Waals surface area contributed by atoms with E-state index in [-0.39, 0.29) is 11.7 Å². The second-order valence-corrected chi connectivity index (χ2v) is 8.24. The molecule has 27 heavy (non-hydrogen) atoms. The highest BCUT2D eigenvalue weighted by molar-refractivity contribution is 7.88. The van der Waals surface area contributed by atoms with Crippen molar-refractivity contribution in [1.82, 2.24) is 19.6 Å². The Kier molecular flexibility index (Phi) is 5.57. The quantitative estimate of drug-likeness (QED) is 0.649. The molecule has 0 spiro atoms. The van der Waals surface area contributed by atoms with Gasteiger partial charge in [0.2, 0.25) is 15.9 Å². The molecule has 8 heteroatoms. The van der Waals surface area contributed by atoms with Crippen LogP contribution in [0.15, 0.2) is 54.9 Å². The van der Waals surface area contributed by atoms with Gasteiger partial charge in [-0.3, -0.25) is 4.79 Å². The number of rotatable bonds is 7. The van der Waals surface area contributed by atoms with Gasteiger partial charge in [-0.2, -0.15) is 0 Å². The zero-order valence-electron chi connectivity index (χ0n) is 15.2. The number of nitrogens with zero attached hydrogens (tertiary/aromatic N) is 2. The molecule has 1 heterocycles. The maximum atomic E-state index is 12.5. The summed E-state index contributed by atoms with van der Waals surface area (Å²) in [7, 11) is -1.90. The number of carbonyl (C=O) groups excluding carboxylic acids is 1. The number of hydrogen-bond donors (Lipinski definition) is 2. The smallest absolute Gasteiger partial charge is 0.243 e. The van der Waals surface area contributed by atoms with Gasteiger partial charge in [-0.25, -0.2) is 18.1 Å². The average Bonchev–Trinajstić information content (AvgIpc) is 3.10. The van der Waals surface area contributed by atoms with E-state index in [1.54, 1.807) is 18.5 Å². The Labute approximate surface area is 158 Å². The van der Waals surface area contributed by atoms with Crippen LogP contribution in [0.4, 0.5) is 0 Å². The van der Waals surface area contributed by atoms with Gasteiger partial charge < -0.3 is 9.88 Å². The third kappa shape index (κ3) is 4.53. The molecule has 1 amide bonds. The Hall–Kier alpha value is -2.71. The molecule has 7 nitrogen and oxygen atoms in total. The number of amides is 1. The van der Waals surface area contributed by atoms with Crippen molar-refractivity contribution in [3.63, 3.8) is 0 Å². The summed E-state index contributed by atoms with van der Waals surface area (Å²) >= 11 is 0. The van der Waals surface area contributed by atoms with Crippen LogP contribution in [-0.4, -0.2) is 30.9 Å². The SMILES string of the molecule is CNS(=O)(=O)Cc1ccc(CNC(=O)C(C)n2cnc3ccccc32)cc1. The average molecular weight is 386 g/mol. The van der Waals surface area contributed by atoms with Crippen molar-refractivity contribution in [3.05, 3.63) is 66.0 Å². The van der Waals surface area contributed by atoms with E-state index in [0.29, 0.717) is 12.1 Å². The number of sulfonamides is 1. The molecule has 0 aliphatic carbocycles. The first-order valence-electron chi connectivity index (χ1n) is 8.58. The predicted molar refractivity (Wildman–Crippen MR) is 104 cm³/mol. The fourth-order valence-corrected chi connectivity index (χ4v) is 3.57. The number of nitrogens with one attached hydrogen (secondary N) is 2. The number of hydrogen-bond acceptors (Lipinski definition) is 4. The van der Waals surface area contributed by atoms with Crippen molar-refractivity contribution in [2.75, 3.05) is 7.05 Å². The zero-order valence-corrected chi connectivity index (χ0v) is 16.0. The van der Waals surface area contributed by atoms with E-state index < -0.39 is 16.1 Å². The summed E-state index contributed by atoms with van der Waals surface area (Å²) in [4.78, 5) is 16.8. The molecule has 0 fully saturated rings. The monoisotopic (exact) mass is 386 g/mol. The minimum Gasteiger partial charge on any atom is -0.350 e. The van der Waals surface area contributed by atoms with Gasteiger partial charge in [0.15, 0.2) is 0 Å². The highest BCUT2D eigenvalue weighted by atomic mass is 32.2. The molecule has 3 aromatic rings. The standard InChI is InChI=1S/C19H22N4O3S/c1-14(23-13-22-17-5-3-4-6-18(17)23)19(24)21-11-15-7-9-16(10-8-15)12-27(25,26)20-2/h3-10,13-14,20H,11-12H2,1-2H3,(H,21,24). The van der Waals surface area contributed by atoms with Crippen molar-refractivity contribution >= 4 is 27.0 Å². The lowest BCUT2D eigenvalue weighted by atomic mass is 10.1. The van der Waals surface area contributed by atoms with Gasteiger partial charge >= 0.3 is 0 Å². The summed E-state index contributed by atoms with van der Waals surface area (Å²) in [5.41, 5.74) is 3.36. The summed E-state index contributed by atoms with van der Waals surface area (Å²) in [6.07, 6.45) is 1.67. The molecule has 2 N–H and O–H groups in total. The van der Waals surface area contributed by atoms with Crippen molar-refractivity contribution in [3.8, 4) is 0 Å². The van der Waals surface area contributed by atoms with Gasteiger partial charge in [-0.05, 0) is 37.2 Å². The van der Waals surface area contributed by atoms with Crippen molar-refractivity contribution < 1.29 is 13.2 Å². The van der Waals surface area contributed by atoms with Crippen LogP contribution in [0.3, 0.4) is 0 Å². The van der Waals surface area contributed by atoms with Crippen molar-refractivity contribution in [2.24, 2.45) is 0 Å². The molecular formula is C19H22N4O3S. The molecule has 2 aromatic carbocycles. The summed E-state index contributed by atoms with van der Waals surface area (Å²) in [6.45, 7) is 2.20. The number of benzene rings is 2. The van der Waals surface area contributed by atoms with Crippen molar-refractivity contribution in [1.29, 1.82) is 0 Å². The van der Waals surface area contributed by atoms with Crippen LogP contribution in [0.1, 0.15) is 24.1 Å². The van der Waals surface area contributed by atoms with E-state index in [1.165, 1.54) is 7.05 Å². The molecule has 0 radical (unpaired) electrons. The van der Waals surface area contributed by atoms with Gasteiger partial charge in [0.25, 0.3) is 0 Å². The highest BCUT2D eigenvalue weighted by Crippen LogP contribution is 2.17. The molecule has 1 aromatic heterocycles. The highest BCUT2D eigenvalue weighted by Gasteiger charge is 2.16. The zero-order chi connectivity index (χ0) is 19.4. The fourth-order valence-electron chi connectivity index (χ4n) is 2.80. The summed E-state index contributed by atoms with van der Waals surface area (Å²) in [5, 5.41) is 2.91. The first kappa shape index (κ1) is 19.1. The van der Waals surface area contributed by atoms with E-state index >= 15 is 0 Å². The summed E-state index contributed by atoms with van der Waals surface area (Å²) < 4.78 is 27.3. The number of fused-ring (bicyclic) bond motifs is 1. The number of imidazole rings is 1. The van der Waals surface area contributed by atoms with Crippen LogP contribution in [0, 0.1) is 0 Å². The molecule has 0 aliphatic rings. The second kappa shape index (κ2) is 7.89. The Morgan fingerprint density at radius 2 is 1.78 bits per heavy atom. The third-order valence-corrected chi connectivity index (χ3v) is 5.77. The van der Waals surface area contributed by atoms with Crippen LogP contribution in [0.5, 0.6) is 0 Å². The van der Waals surface area contributed by atoms with Gasteiger partial charge in [0, 0.05) is 6.54 Å². The molecule has 0 saturated carbocycles. The van der Waals surface area contributed by atoms with E-state index in [0.717, 1.165) is 16.6 Å². The Morgan fingerprint density at radius 3 is 2.48 bits per heavy atom. The molecule has 0 bridgehead atoms. The van der Waals surface area contributed by atoms with E-state index in [4.69, 9.17) is 0 Å². The van der Waals surface area contributed by atoms with Crippen LogP contribution < -0.4 is 10.0 Å². The first-order chi connectivity index (χ1) is 12.9. The number of aromatic nitrogens is 2. The number of carbonyl (C=O) groups is 1. The molecule has 0 aliphatic heterocycles. The normalized spacial score (nSPS) is 12.8.